The van der Waals surface area contributed by atoms with Crippen molar-refractivity contribution < 1.29 is 19.5 Å². The number of nitrogens with zero attached hydrogens (tertiary/aromatic N) is 1. The Hall–Kier alpha value is -2.17. The number of fused-ring (bicyclic) bond motifs is 1. The number of benzene rings is 1. The predicted octanol–water partition coefficient (Wildman–Crippen LogP) is 1.93. The summed E-state index contributed by atoms with van der Waals surface area (Å²) in [6, 6.07) is 6.14. The Kier molecular flexibility index (Phi) is 3.04. The molecular formula is C15H15NO4. The first-order chi connectivity index (χ1) is 9.61. The van der Waals surface area contributed by atoms with Gasteiger partial charge >= 0.3 is 5.97 Å². The lowest BCUT2D eigenvalue weighted by atomic mass is 9.83. The molecule has 1 aromatic carbocycles. The van der Waals surface area contributed by atoms with Gasteiger partial charge in [-0.3, -0.25) is 19.3 Å². The minimum absolute atomic E-state index is 0.358. The van der Waals surface area contributed by atoms with Crippen LogP contribution in [-0.4, -0.2) is 33.8 Å². The lowest BCUT2D eigenvalue weighted by Gasteiger charge is -2.34. The van der Waals surface area contributed by atoms with Gasteiger partial charge in [-0.1, -0.05) is 25.0 Å². The molecule has 1 N–H and O–H groups in total. The van der Waals surface area contributed by atoms with E-state index in [4.69, 9.17) is 0 Å². The van der Waals surface area contributed by atoms with Gasteiger partial charge in [0.25, 0.3) is 11.8 Å². The highest BCUT2D eigenvalue weighted by Gasteiger charge is 2.45. The van der Waals surface area contributed by atoms with Gasteiger partial charge in [0.2, 0.25) is 0 Å². The fourth-order valence-corrected chi connectivity index (χ4v) is 3.22. The Morgan fingerprint density at radius 3 is 2.15 bits per heavy atom. The van der Waals surface area contributed by atoms with Crippen molar-refractivity contribution in [1.82, 2.24) is 4.90 Å². The van der Waals surface area contributed by atoms with E-state index in [1.165, 1.54) is 4.90 Å². The number of aliphatic carboxylic acids is 1. The number of carbonyl (C=O) groups is 3. The summed E-state index contributed by atoms with van der Waals surface area (Å²) in [5.74, 6) is -2.29. The molecule has 1 aliphatic carbocycles. The van der Waals surface area contributed by atoms with Crippen molar-refractivity contribution >= 4 is 17.8 Å². The molecule has 1 saturated carbocycles. The number of carboxylic acids is 1. The van der Waals surface area contributed by atoms with Gasteiger partial charge in [-0.25, -0.2) is 0 Å². The van der Waals surface area contributed by atoms with Gasteiger partial charge in [0, 0.05) is 0 Å². The molecule has 0 aromatic heterocycles. The third-order valence-corrected chi connectivity index (χ3v) is 4.20. The van der Waals surface area contributed by atoms with Crippen LogP contribution in [0.25, 0.3) is 0 Å². The van der Waals surface area contributed by atoms with E-state index in [1.54, 1.807) is 24.3 Å². The van der Waals surface area contributed by atoms with Crippen LogP contribution in [0.1, 0.15) is 46.4 Å². The third kappa shape index (κ3) is 1.81. The monoisotopic (exact) mass is 273 g/mol. The maximum absolute atomic E-state index is 12.4. The lowest BCUT2D eigenvalue weighted by molar-refractivity contribution is -0.144. The van der Waals surface area contributed by atoms with Gasteiger partial charge in [-0.05, 0) is 25.0 Å². The normalized spacial score (nSPS) is 25.7. The first-order valence-electron chi connectivity index (χ1n) is 6.81. The molecule has 3 rings (SSSR count). The van der Waals surface area contributed by atoms with Crippen molar-refractivity contribution in [3.63, 3.8) is 0 Å². The molecule has 1 aromatic rings. The number of carboxylic acid groups (broad SMARTS) is 1. The lowest BCUT2D eigenvalue weighted by Crippen LogP contribution is -2.48. The standard InChI is InChI=1S/C15H15NO4/c17-13-9-5-1-2-6-10(9)14(18)16(13)12-8-4-3-7-11(12)15(19)20/h1-2,5-6,11-12H,3-4,7-8H2,(H,19,20)/t11-,12-/m0/s1. The van der Waals surface area contributed by atoms with Crippen LogP contribution >= 0.6 is 0 Å². The molecule has 5 heteroatoms. The van der Waals surface area contributed by atoms with Crippen LogP contribution in [0, 0.1) is 5.92 Å². The molecular weight excluding hydrogens is 258 g/mol. The van der Waals surface area contributed by atoms with Gasteiger partial charge in [0.1, 0.15) is 0 Å². The Morgan fingerprint density at radius 2 is 1.60 bits per heavy atom. The molecule has 0 spiro atoms. The van der Waals surface area contributed by atoms with Crippen LogP contribution in [0.3, 0.4) is 0 Å². The summed E-state index contributed by atoms with van der Waals surface area (Å²) in [5, 5.41) is 9.31. The van der Waals surface area contributed by atoms with E-state index in [9.17, 15) is 19.5 Å². The highest BCUT2D eigenvalue weighted by atomic mass is 16.4. The largest absolute Gasteiger partial charge is 0.481 e. The van der Waals surface area contributed by atoms with Crippen molar-refractivity contribution in [3.05, 3.63) is 35.4 Å². The summed E-state index contributed by atoms with van der Waals surface area (Å²) < 4.78 is 0. The maximum atomic E-state index is 12.4. The molecule has 0 unspecified atom stereocenters. The van der Waals surface area contributed by atoms with Crippen LogP contribution < -0.4 is 0 Å². The van der Waals surface area contributed by atoms with Gasteiger partial charge in [-0.15, -0.1) is 0 Å². The number of rotatable bonds is 2. The summed E-state index contributed by atoms with van der Waals surface area (Å²) in [6.07, 6.45) is 2.77. The second kappa shape index (κ2) is 4.74. The number of imide groups is 1. The van der Waals surface area contributed by atoms with Crippen molar-refractivity contribution in [3.8, 4) is 0 Å². The second-order valence-electron chi connectivity index (χ2n) is 5.32. The van der Waals surface area contributed by atoms with E-state index in [1.807, 2.05) is 0 Å². The average Bonchev–Trinajstić information content (AvgIpc) is 2.71. The van der Waals surface area contributed by atoms with E-state index in [2.05, 4.69) is 0 Å². The summed E-state index contributed by atoms with van der Waals surface area (Å²) in [5.41, 5.74) is 0.763. The molecule has 0 radical (unpaired) electrons. The highest BCUT2D eigenvalue weighted by Crippen LogP contribution is 2.34. The molecule has 2 amide bonds. The predicted molar refractivity (Wildman–Crippen MR) is 70.3 cm³/mol. The molecule has 2 atom stereocenters. The molecule has 2 aliphatic rings. The van der Waals surface area contributed by atoms with Crippen molar-refractivity contribution in [2.75, 3.05) is 0 Å². The number of hydrogen-bond donors (Lipinski definition) is 1. The summed E-state index contributed by atoms with van der Waals surface area (Å²) in [4.78, 5) is 37.3. The summed E-state index contributed by atoms with van der Waals surface area (Å²) >= 11 is 0. The molecule has 1 heterocycles. The second-order valence-corrected chi connectivity index (χ2v) is 5.32. The number of amides is 2. The van der Waals surface area contributed by atoms with Gasteiger partial charge < -0.3 is 5.11 Å². The Morgan fingerprint density at radius 1 is 1.05 bits per heavy atom. The zero-order valence-corrected chi connectivity index (χ0v) is 10.9. The SMILES string of the molecule is O=C(O)[C@H]1CCCC[C@@H]1N1C(=O)c2ccccc2C1=O. The van der Waals surface area contributed by atoms with Gasteiger partial charge in [-0.2, -0.15) is 0 Å². The third-order valence-electron chi connectivity index (χ3n) is 4.20. The minimum atomic E-state index is -0.925. The fourth-order valence-electron chi connectivity index (χ4n) is 3.22. The summed E-state index contributed by atoms with van der Waals surface area (Å²) in [6.45, 7) is 0. The first-order valence-corrected chi connectivity index (χ1v) is 6.81. The van der Waals surface area contributed by atoms with Crippen LogP contribution in [0.4, 0.5) is 0 Å². The molecule has 1 fully saturated rings. The Balaban J connectivity index is 1.97. The zero-order chi connectivity index (χ0) is 14.3. The van der Waals surface area contributed by atoms with Crippen LogP contribution in [0.15, 0.2) is 24.3 Å². The van der Waals surface area contributed by atoms with Crippen LogP contribution in [0.2, 0.25) is 0 Å². The number of hydrogen-bond acceptors (Lipinski definition) is 3. The zero-order valence-electron chi connectivity index (χ0n) is 10.9. The number of carbonyl (C=O) groups excluding carboxylic acids is 2. The smallest absolute Gasteiger partial charge is 0.308 e. The van der Waals surface area contributed by atoms with Crippen LogP contribution in [0.5, 0.6) is 0 Å². The minimum Gasteiger partial charge on any atom is -0.481 e. The molecule has 0 bridgehead atoms. The topological polar surface area (TPSA) is 74.7 Å². The highest BCUT2D eigenvalue weighted by molar-refractivity contribution is 6.21. The average molecular weight is 273 g/mol. The van der Waals surface area contributed by atoms with E-state index < -0.39 is 17.9 Å². The first kappa shape index (κ1) is 12.8. The Labute approximate surface area is 116 Å². The van der Waals surface area contributed by atoms with Crippen molar-refractivity contribution in [1.29, 1.82) is 0 Å². The van der Waals surface area contributed by atoms with Gasteiger partial charge in [0.05, 0.1) is 23.1 Å². The van der Waals surface area contributed by atoms with E-state index in [-0.39, 0.29) is 11.8 Å². The maximum Gasteiger partial charge on any atom is 0.308 e. The van der Waals surface area contributed by atoms with Gasteiger partial charge in [0.15, 0.2) is 0 Å². The van der Waals surface area contributed by atoms with Crippen molar-refractivity contribution in [2.24, 2.45) is 5.92 Å². The molecule has 20 heavy (non-hydrogen) atoms. The van der Waals surface area contributed by atoms with Crippen LogP contribution in [-0.2, 0) is 4.79 Å². The molecule has 0 saturated heterocycles. The quantitative estimate of drug-likeness (QED) is 0.835. The van der Waals surface area contributed by atoms with E-state index in [0.29, 0.717) is 24.0 Å². The fraction of sp³-hybridized carbons (Fsp3) is 0.400. The van der Waals surface area contributed by atoms with Crippen molar-refractivity contribution in [2.45, 2.75) is 31.7 Å². The Bertz CT molecular complexity index is 560. The van der Waals surface area contributed by atoms with E-state index >= 15 is 0 Å². The molecule has 5 nitrogen and oxygen atoms in total. The molecule has 104 valence electrons. The summed E-state index contributed by atoms with van der Waals surface area (Å²) in [7, 11) is 0. The molecule has 1 aliphatic heterocycles. The van der Waals surface area contributed by atoms with E-state index in [0.717, 1.165) is 12.8 Å².